The highest BCUT2D eigenvalue weighted by atomic mass is 79.9. The van der Waals surface area contributed by atoms with E-state index in [1.165, 1.54) is 17.3 Å². The Morgan fingerprint density at radius 2 is 2.09 bits per heavy atom. The Bertz CT molecular complexity index is 750. The van der Waals surface area contributed by atoms with Gasteiger partial charge in [0.25, 0.3) is 5.91 Å². The highest BCUT2D eigenvalue weighted by Crippen LogP contribution is 2.34. The monoisotopic (exact) mass is 366 g/mol. The molecule has 0 unspecified atom stereocenters. The molecular formula is C15H16BrFN4O. The highest BCUT2D eigenvalue weighted by molar-refractivity contribution is 9.10. The van der Waals surface area contributed by atoms with Crippen LogP contribution in [0.4, 0.5) is 10.1 Å². The van der Waals surface area contributed by atoms with Gasteiger partial charge in [-0.25, -0.2) is 14.1 Å². The average Bonchev–Trinajstić information content (AvgIpc) is 3.03. The highest BCUT2D eigenvalue weighted by Gasteiger charge is 2.31. The number of nitrogens with zero attached hydrogens (tertiary/aromatic N) is 4. The van der Waals surface area contributed by atoms with Crippen molar-refractivity contribution in [3.8, 4) is 0 Å². The largest absolute Gasteiger partial charge is 0.302 e. The SMILES string of the molecule is CC(C)(C)n1cnc(C(=O)N2CCc3cc(Br)cc(F)c32)n1. The molecule has 0 radical (unpaired) electrons. The lowest BCUT2D eigenvalue weighted by Crippen LogP contribution is -2.31. The van der Waals surface area contributed by atoms with E-state index in [4.69, 9.17) is 0 Å². The second-order valence-corrected chi connectivity index (χ2v) is 7.20. The number of carbonyl (C=O) groups is 1. The van der Waals surface area contributed by atoms with E-state index in [1.54, 1.807) is 4.68 Å². The molecule has 2 aromatic rings. The van der Waals surface area contributed by atoms with Crippen LogP contribution in [0.25, 0.3) is 0 Å². The number of fused-ring (bicyclic) bond motifs is 1. The van der Waals surface area contributed by atoms with Gasteiger partial charge in [-0.3, -0.25) is 4.79 Å². The molecule has 0 aliphatic carbocycles. The van der Waals surface area contributed by atoms with E-state index >= 15 is 0 Å². The molecule has 116 valence electrons. The lowest BCUT2D eigenvalue weighted by molar-refractivity contribution is 0.0978. The van der Waals surface area contributed by atoms with Crippen molar-refractivity contribution < 1.29 is 9.18 Å². The van der Waals surface area contributed by atoms with Crippen molar-refractivity contribution in [2.24, 2.45) is 0 Å². The molecule has 3 rings (SSSR count). The smallest absolute Gasteiger partial charge is 0.298 e. The summed E-state index contributed by atoms with van der Waals surface area (Å²) in [4.78, 5) is 18.1. The Labute approximate surface area is 136 Å². The summed E-state index contributed by atoms with van der Waals surface area (Å²) in [7, 11) is 0. The summed E-state index contributed by atoms with van der Waals surface area (Å²) in [6.07, 6.45) is 2.15. The number of hydrogen-bond acceptors (Lipinski definition) is 3. The second kappa shape index (κ2) is 5.15. The summed E-state index contributed by atoms with van der Waals surface area (Å²) >= 11 is 3.27. The van der Waals surface area contributed by atoms with Crippen LogP contribution in [-0.4, -0.2) is 27.2 Å². The van der Waals surface area contributed by atoms with E-state index in [2.05, 4.69) is 26.0 Å². The van der Waals surface area contributed by atoms with Crippen LogP contribution in [0, 0.1) is 5.82 Å². The molecule has 22 heavy (non-hydrogen) atoms. The Morgan fingerprint density at radius 3 is 2.73 bits per heavy atom. The van der Waals surface area contributed by atoms with E-state index in [-0.39, 0.29) is 17.3 Å². The number of carbonyl (C=O) groups excluding carboxylic acids is 1. The summed E-state index contributed by atoms with van der Waals surface area (Å²) < 4.78 is 16.5. The van der Waals surface area contributed by atoms with E-state index in [0.717, 1.165) is 5.56 Å². The lowest BCUT2D eigenvalue weighted by Gasteiger charge is -2.18. The minimum Gasteiger partial charge on any atom is -0.302 e. The third-order valence-corrected chi connectivity index (χ3v) is 4.06. The number of hydrogen-bond donors (Lipinski definition) is 0. The van der Waals surface area contributed by atoms with Crippen LogP contribution in [0.1, 0.15) is 37.0 Å². The van der Waals surface area contributed by atoms with Gasteiger partial charge in [-0.05, 0) is 44.9 Å². The topological polar surface area (TPSA) is 51.0 Å². The van der Waals surface area contributed by atoms with Crippen LogP contribution >= 0.6 is 15.9 Å². The van der Waals surface area contributed by atoms with Crippen molar-refractivity contribution in [3.63, 3.8) is 0 Å². The van der Waals surface area contributed by atoms with Gasteiger partial charge < -0.3 is 4.90 Å². The zero-order chi connectivity index (χ0) is 16.1. The Balaban J connectivity index is 1.95. The number of halogens is 2. The molecule has 5 nitrogen and oxygen atoms in total. The van der Waals surface area contributed by atoms with Gasteiger partial charge in [0.2, 0.25) is 5.82 Å². The molecule has 0 N–H and O–H groups in total. The van der Waals surface area contributed by atoms with Crippen LogP contribution in [0.5, 0.6) is 0 Å². The van der Waals surface area contributed by atoms with Crippen LogP contribution in [0.2, 0.25) is 0 Å². The fourth-order valence-corrected chi connectivity index (χ4v) is 2.94. The predicted octanol–water partition coefficient (Wildman–Crippen LogP) is 3.14. The van der Waals surface area contributed by atoms with Crippen molar-refractivity contribution in [2.45, 2.75) is 32.7 Å². The van der Waals surface area contributed by atoms with Gasteiger partial charge >= 0.3 is 0 Å². The number of rotatable bonds is 1. The second-order valence-electron chi connectivity index (χ2n) is 6.29. The van der Waals surface area contributed by atoms with E-state index in [9.17, 15) is 9.18 Å². The third-order valence-electron chi connectivity index (χ3n) is 3.60. The zero-order valence-corrected chi connectivity index (χ0v) is 14.2. The quantitative estimate of drug-likeness (QED) is 0.778. The third kappa shape index (κ3) is 2.54. The first-order valence-corrected chi connectivity index (χ1v) is 7.78. The summed E-state index contributed by atoms with van der Waals surface area (Å²) in [6, 6.07) is 3.21. The van der Waals surface area contributed by atoms with E-state index in [0.29, 0.717) is 23.1 Å². The Kier molecular flexibility index (Phi) is 3.55. The number of benzene rings is 1. The van der Waals surface area contributed by atoms with Crippen molar-refractivity contribution in [2.75, 3.05) is 11.4 Å². The van der Waals surface area contributed by atoms with Gasteiger partial charge in [0.15, 0.2) is 0 Å². The van der Waals surface area contributed by atoms with E-state index in [1.807, 2.05) is 26.8 Å². The van der Waals surface area contributed by atoms with Crippen LogP contribution < -0.4 is 4.90 Å². The molecule has 1 aromatic carbocycles. The fourth-order valence-electron chi connectivity index (χ4n) is 2.46. The first kappa shape index (κ1) is 15.1. The molecule has 7 heteroatoms. The minimum atomic E-state index is -0.412. The van der Waals surface area contributed by atoms with Gasteiger partial charge in [0.05, 0.1) is 11.2 Å². The maximum atomic E-state index is 14.2. The van der Waals surface area contributed by atoms with Crippen molar-refractivity contribution in [1.82, 2.24) is 14.8 Å². The molecular weight excluding hydrogens is 351 g/mol. The first-order valence-electron chi connectivity index (χ1n) is 6.99. The summed E-state index contributed by atoms with van der Waals surface area (Å²) in [5.41, 5.74) is 0.890. The molecule has 0 atom stereocenters. The van der Waals surface area contributed by atoms with Gasteiger partial charge in [0.1, 0.15) is 12.1 Å². The maximum Gasteiger partial charge on any atom is 0.298 e. The molecule has 0 saturated heterocycles. The van der Waals surface area contributed by atoms with Crippen molar-refractivity contribution >= 4 is 27.5 Å². The Morgan fingerprint density at radius 1 is 1.36 bits per heavy atom. The molecule has 1 aromatic heterocycles. The van der Waals surface area contributed by atoms with Crippen LogP contribution in [-0.2, 0) is 12.0 Å². The van der Waals surface area contributed by atoms with E-state index < -0.39 is 5.82 Å². The van der Waals surface area contributed by atoms with Crippen molar-refractivity contribution in [3.05, 3.63) is 40.1 Å². The minimum absolute atomic E-state index is 0.0880. The maximum absolute atomic E-state index is 14.2. The molecule has 0 saturated carbocycles. The number of anilines is 1. The number of amides is 1. The van der Waals surface area contributed by atoms with Crippen LogP contribution in [0.15, 0.2) is 22.9 Å². The molecule has 1 amide bonds. The standard InChI is InChI=1S/C15H16BrFN4O/c1-15(2,3)21-8-18-13(19-21)14(22)20-5-4-9-6-10(16)7-11(17)12(9)20/h6-8H,4-5H2,1-3H3. The Hall–Kier alpha value is -1.76. The van der Waals surface area contributed by atoms with Crippen molar-refractivity contribution in [1.29, 1.82) is 0 Å². The number of aromatic nitrogens is 3. The normalized spacial score (nSPS) is 14.3. The van der Waals surface area contributed by atoms with Gasteiger partial charge in [0, 0.05) is 11.0 Å². The van der Waals surface area contributed by atoms with Gasteiger partial charge in [-0.2, -0.15) is 0 Å². The van der Waals surface area contributed by atoms with Gasteiger partial charge in [-0.1, -0.05) is 15.9 Å². The summed E-state index contributed by atoms with van der Waals surface area (Å²) in [5.74, 6) is -0.696. The lowest BCUT2D eigenvalue weighted by atomic mass is 10.1. The molecule has 2 heterocycles. The molecule has 0 fully saturated rings. The summed E-state index contributed by atoms with van der Waals surface area (Å²) in [5, 5.41) is 4.23. The summed E-state index contributed by atoms with van der Waals surface area (Å²) in [6.45, 7) is 6.35. The average molecular weight is 367 g/mol. The fraction of sp³-hybridized carbons (Fsp3) is 0.400. The first-order chi connectivity index (χ1) is 10.3. The predicted molar refractivity (Wildman–Crippen MR) is 84.5 cm³/mol. The van der Waals surface area contributed by atoms with Crippen LogP contribution in [0.3, 0.4) is 0 Å². The van der Waals surface area contributed by atoms with Gasteiger partial charge in [-0.15, -0.1) is 5.10 Å². The molecule has 1 aliphatic rings. The molecule has 0 bridgehead atoms. The molecule has 0 spiro atoms. The molecule has 1 aliphatic heterocycles. The zero-order valence-electron chi connectivity index (χ0n) is 12.6.